The van der Waals surface area contributed by atoms with Crippen LogP contribution in [0.4, 0.5) is 0 Å². The molecule has 2 N–H and O–H groups in total. The summed E-state index contributed by atoms with van der Waals surface area (Å²) in [6.07, 6.45) is 0. The highest BCUT2D eigenvalue weighted by molar-refractivity contribution is 7.98. The van der Waals surface area contributed by atoms with Gasteiger partial charge in [0.2, 0.25) is 0 Å². The molecule has 0 heterocycles. The number of benzene rings is 2. The third-order valence-corrected chi connectivity index (χ3v) is 3.78. The van der Waals surface area contributed by atoms with Crippen molar-refractivity contribution in [2.45, 2.75) is 17.2 Å². The van der Waals surface area contributed by atoms with E-state index in [0.29, 0.717) is 6.54 Å². The number of hydrogen-bond donors (Lipinski definition) is 1. The lowest BCUT2D eigenvalue weighted by atomic mass is 10.1. The standard InChI is InChI=1S/C15H17NOS/c1-17-14-5-7-15(8-6-14)18-11-13-4-2-3-12(9-13)10-16/h2-9H,10-11,16H2,1H3. The number of thioether (sulfide) groups is 1. The van der Waals surface area contributed by atoms with Crippen molar-refractivity contribution >= 4 is 11.8 Å². The highest BCUT2D eigenvalue weighted by Gasteiger charge is 1.98. The van der Waals surface area contributed by atoms with Crippen LogP contribution < -0.4 is 10.5 Å². The largest absolute Gasteiger partial charge is 0.497 e. The lowest BCUT2D eigenvalue weighted by Crippen LogP contribution is -1.96. The van der Waals surface area contributed by atoms with Gasteiger partial charge in [-0.3, -0.25) is 0 Å². The molecular formula is C15H17NOS. The van der Waals surface area contributed by atoms with E-state index in [1.165, 1.54) is 16.0 Å². The van der Waals surface area contributed by atoms with Crippen LogP contribution in [0.15, 0.2) is 53.4 Å². The fraction of sp³-hybridized carbons (Fsp3) is 0.200. The number of nitrogens with two attached hydrogens (primary N) is 1. The van der Waals surface area contributed by atoms with Gasteiger partial charge in [-0.1, -0.05) is 24.3 Å². The predicted octanol–water partition coefficient (Wildman–Crippen LogP) is 3.45. The van der Waals surface area contributed by atoms with Crippen molar-refractivity contribution in [3.05, 3.63) is 59.7 Å². The van der Waals surface area contributed by atoms with Crippen LogP contribution in [0.5, 0.6) is 5.75 Å². The van der Waals surface area contributed by atoms with E-state index in [9.17, 15) is 0 Å². The second-order valence-electron chi connectivity index (χ2n) is 3.99. The van der Waals surface area contributed by atoms with E-state index in [1.54, 1.807) is 7.11 Å². The van der Waals surface area contributed by atoms with E-state index in [4.69, 9.17) is 10.5 Å². The van der Waals surface area contributed by atoms with Crippen molar-refractivity contribution in [2.24, 2.45) is 5.73 Å². The molecule has 2 rings (SSSR count). The summed E-state index contributed by atoms with van der Waals surface area (Å²) < 4.78 is 5.14. The molecule has 2 nitrogen and oxygen atoms in total. The van der Waals surface area contributed by atoms with Crippen LogP contribution in [-0.2, 0) is 12.3 Å². The number of hydrogen-bond acceptors (Lipinski definition) is 3. The number of methoxy groups -OCH3 is 1. The van der Waals surface area contributed by atoms with Crippen LogP contribution in [-0.4, -0.2) is 7.11 Å². The Labute approximate surface area is 112 Å². The van der Waals surface area contributed by atoms with Gasteiger partial charge in [0.1, 0.15) is 5.75 Å². The molecule has 0 aliphatic rings. The van der Waals surface area contributed by atoms with Gasteiger partial charge in [-0.15, -0.1) is 11.8 Å². The second-order valence-corrected chi connectivity index (χ2v) is 5.04. The van der Waals surface area contributed by atoms with E-state index < -0.39 is 0 Å². The summed E-state index contributed by atoms with van der Waals surface area (Å²) in [6, 6.07) is 16.5. The maximum absolute atomic E-state index is 5.64. The van der Waals surface area contributed by atoms with E-state index in [2.05, 4.69) is 36.4 Å². The molecule has 0 bridgehead atoms. The number of ether oxygens (including phenoxy) is 1. The van der Waals surface area contributed by atoms with Crippen LogP contribution in [0.25, 0.3) is 0 Å². The topological polar surface area (TPSA) is 35.2 Å². The molecule has 0 amide bonds. The van der Waals surface area contributed by atoms with Crippen LogP contribution in [0, 0.1) is 0 Å². The minimum Gasteiger partial charge on any atom is -0.497 e. The predicted molar refractivity (Wildman–Crippen MR) is 76.9 cm³/mol. The average molecular weight is 259 g/mol. The van der Waals surface area contributed by atoms with Crippen LogP contribution in [0.3, 0.4) is 0 Å². The Morgan fingerprint density at radius 1 is 1.06 bits per heavy atom. The number of rotatable bonds is 5. The molecule has 18 heavy (non-hydrogen) atoms. The van der Waals surface area contributed by atoms with Crippen molar-refractivity contribution in [1.82, 2.24) is 0 Å². The molecule has 0 radical (unpaired) electrons. The van der Waals surface area contributed by atoms with Crippen molar-refractivity contribution in [2.75, 3.05) is 7.11 Å². The molecule has 0 saturated carbocycles. The Hall–Kier alpha value is -1.45. The summed E-state index contributed by atoms with van der Waals surface area (Å²) in [5.41, 5.74) is 8.12. The molecule has 0 fully saturated rings. The zero-order chi connectivity index (χ0) is 12.8. The van der Waals surface area contributed by atoms with E-state index in [0.717, 1.165) is 11.5 Å². The van der Waals surface area contributed by atoms with Crippen LogP contribution in [0.2, 0.25) is 0 Å². The zero-order valence-corrected chi connectivity index (χ0v) is 11.2. The van der Waals surface area contributed by atoms with Crippen molar-refractivity contribution in [3.63, 3.8) is 0 Å². The van der Waals surface area contributed by atoms with E-state index in [-0.39, 0.29) is 0 Å². The first kappa shape index (κ1) is 13.0. The van der Waals surface area contributed by atoms with Gasteiger partial charge < -0.3 is 10.5 Å². The van der Waals surface area contributed by atoms with Gasteiger partial charge in [0.25, 0.3) is 0 Å². The highest BCUT2D eigenvalue weighted by Crippen LogP contribution is 2.25. The summed E-state index contributed by atoms with van der Waals surface area (Å²) in [6.45, 7) is 0.598. The Balaban J connectivity index is 1.97. The van der Waals surface area contributed by atoms with Crippen molar-refractivity contribution in [1.29, 1.82) is 0 Å². The Kier molecular flexibility index (Phi) is 4.67. The molecule has 2 aromatic carbocycles. The summed E-state index contributed by atoms with van der Waals surface area (Å²) in [4.78, 5) is 1.24. The normalized spacial score (nSPS) is 10.3. The van der Waals surface area contributed by atoms with Gasteiger partial charge in [0.15, 0.2) is 0 Å². The molecular weight excluding hydrogens is 242 g/mol. The Morgan fingerprint density at radius 2 is 1.78 bits per heavy atom. The van der Waals surface area contributed by atoms with Gasteiger partial charge in [-0.2, -0.15) is 0 Å². The molecule has 0 atom stereocenters. The van der Waals surface area contributed by atoms with Gasteiger partial charge in [0.05, 0.1) is 7.11 Å². The average Bonchev–Trinajstić information content (AvgIpc) is 2.46. The lowest BCUT2D eigenvalue weighted by molar-refractivity contribution is 0.414. The monoisotopic (exact) mass is 259 g/mol. The summed E-state index contributed by atoms with van der Waals surface area (Å²) in [5, 5.41) is 0. The minimum atomic E-state index is 0.598. The maximum atomic E-state index is 5.64. The van der Waals surface area contributed by atoms with Gasteiger partial charge >= 0.3 is 0 Å². The maximum Gasteiger partial charge on any atom is 0.118 e. The smallest absolute Gasteiger partial charge is 0.118 e. The Bertz CT molecular complexity index is 496. The molecule has 0 aromatic heterocycles. The van der Waals surface area contributed by atoms with Crippen molar-refractivity contribution < 1.29 is 4.74 Å². The lowest BCUT2D eigenvalue weighted by Gasteiger charge is -2.05. The molecule has 94 valence electrons. The van der Waals surface area contributed by atoms with Crippen LogP contribution >= 0.6 is 11.8 Å². The first-order valence-electron chi connectivity index (χ1n) is 5.86. The van der Waals surface area contributed by atoms with Gasteiger partial charge in [-0.05, 0) is 35.4 Å². The SMILES string of the molecule is COc1ccc(SCc2cccc(CN)c2)cc1. The first-order valence-corrected chi connectivity index (χ1v) is 6.85. The Morgan fingerprint density at radius 3 is 2.44 bits per heavy atom. The fourth-order valence-electron chi connectivity index (χ4n) is 1.69. The molecule has 0 aliphatic heterocycles. The summed E-state index contributed by atoms with van der Waals surface area (Å²) in [5.74, 6) is 1.85. The molecule has 0 spiro atoms. The van der Waals surface area contributed by atoms with Crippen molar-refractivity contribution in [3.8, 4) is 5.75 Å². The second kappa shape index (κ2) is 6.47. The third kappa shape index (κ3) is 3.52. The minimum absolute atomic E-state index is 0.598. The van der Waals surface area contributed by atoms with Gasteiger partial charge in [0, 0.05) is 17.2 Å². The summed E-state index contributed by atoms with van der Waals surface area (Å²) >= 11 is 1.82. The quantitative estimate of drug-likeness (QED) is 0.835. The first-order chi connectivity index (χ1) is 8.81. The van der Waals surface area contributed by atoms with E-state index >= 15 is 0 Å². The highest BCUT2D eigenvalue weighted by atomic mass is 32.2. The molecule has 3 heteroatoms. The third-order valence-electron chi connectivity index (χ3n) is 2.69. The van der Waals surface area contributed by atoms with E-state index in [1.807, 2.05) is 23.9 Å². The van der Waals surface area contributed by atoms with Crippen LogP contribution in [0.1, 0.15) is 11.1 Å². The van der Waals surface area contributed by atoms with Gasteiger partial charge in [-0.25, -0.2) is 0 Å². The summed E-state index contributed by atoms with van der Waals surface area (Å²) in [7, 11) is 1.68. The molecule has 0 unspecified atom stereocenters. The molecule has 0 aliphatic carbocycles. The molecule has 0 saturated heterocycles. The molecule has 2 aromatic rings. The zero-order valence-electron chi connectivity index (χ0n) is 10.4. The fourth-order valence-corrected chi connectivity index (χ4v) is 2.53.